The van der Waals surface area contributed by atoms with E-state index in [0.29, 0.717) is 18.8 Å². The molecule has 0 N–H and O–H groups in total. The first-order valence-electron chi connectivity index (χ1n) is 8.92. The lowest BCUT2D eigenvalue weighted by atomic mass is 9.72. The summed E-state index contributed by atoms with van der Waals surface area (Å²) in [6, 6.07) is 0. The highest BCUT2D eigenvalue weighted by Crippen LogP contribution is 2.51. The van der Waals surface area contributed by atoms with Gasteiger partial charge in [0.25, 0.3) is 0 Å². The molecule has 3 atom stereocenters. The van der Waals surface area contributed by atoms with Gasteiger partial charge in [-0.25, -0.2) is 4.39 Å². The Bertz CT molecular complexity index is 433. The second-order valence-corrected chi connectivity index (χ2v) is 7.03. The van der Waals surface area contributed by atoms with Crippen molar-refractivity contribution in [3.8, 4) is 0 Å². The van der Waals surface area contributed by atoms with Crippen LogP contribution in [0.1, 0.15) is 65.2 Å². The maximum Gasteiger partial charge on any atom is 0.104 e. The van der Waals surface area contributed by atoms with Crippen molar-refractivity contribution in [1.29, 1.82) is 0 Å². The van der Waals surface area contributed by atoms with Crippen LogP contribution in [0.4, 0.5) is 4.39 Å². The average molecular weight is 292 g/mol. The molecule has 0 aromatic carbocycles. The molecule has 118 valence electrons. The van der Waals surface area contributed by atoms with Crippen molar-refractivity contribution in [3.63, 3.8) is 0 Å². The molecule has 0 aliphatic heterocycles. The highest BCUT2D eigenvalue weighted by molar-refractivity contribution is 5.39. The number of allylic oxidation sites excluding steroid dienone is 4. The fourth-order valence-corrected chi connectivity index (χ4v) is 4.15. The summed E-state index contributed by atoms with van der Waals surface area (Å²) in [5, 5.41) is 0. The molecule has 0 aromatic heterocycles. The summed E-state index contributed by atoms with van der Waals surface area (Å²) in [7, 11) is 0. The highest BCUT2D eigenvalue weighted by Gasteiger charge is 2.40. The Labute approximate surface area is 128 Å². The zero-order valence-corrected chi connectivity index (χ0v) is 13.5. The van der Waals surface area contributed by atoms with Gasteiger partial charge in [0.05, 0.1) is 12.4 Å². The van der Waals surface area contributed by atoms with Gasteiger partial charge in [0.15, 0.2) is 0 Å². The molecule has 0 heterocycles. The minimum atomic E-state index is -0.628. The third-order valence-corrected chi connectivity index (χ3v) is 5.51. The quantitative estimate of drug-likeness (QED) is 0.643. The smallest absolute Gasteiger partial charge is 0.104 e. The Morgan fingerprint density at radius 2 is 2.05 bits per heavy atom. The maximum atomic E-state index is 13.5. The van der Waals surface area contributed by atoms with E-state index in [1.165, 1.54) is 42.6 Å². The number of hydrogen-bond donors (Lipinski definition) is 0. The Balaban J connectivity index is 1.92. The van der Waals surface area contributed by atoms with Crippen LogP contribution in [0.3, 0.4) is 0 Å². The molecule has 2 heteroatoms. The molecule has 3 aliphatic rings. The van der Waals surface area contributed by atoms with Gasteiger partial charge in [-0.3, -0.25) is 0 Å². The third-order valence-electron chi connectivity index (χ3n) is 5.51. The van der Waals surface area contributed by atoms with Gasteiger partial charge < -0.3 is 4.74 Å². The molecule has 0 saturated heterocycles. The van der Waals surface area contributed by atoms with Crippen molar-refractivity contribution in [2.24, 2.45) is 17.8 Å². The van der Waals surface area contributed by atoms with E-state index < -0.39 is 6.17 Å². The van der Waals surface area contributed by atoms with E-state index in [0.717, 1.165) is 31.3 Å². The minimum Gasteiger partial charge on any atom is -0.498 e. The topological polar surface area (TPSA) is 9.23 Å². The largest absolute Gasteiger partial charge is 0.498 e. The van der Waals surface area contributed by atoms with E-state index in [-0.39, 0.29) is 0 Å². The van der Waals surface area contributed by atoms with Gasteiger partial charge in [-0.05, 0) is 74.3 Å². The number of hydrogen-bond acceptors (Lipinski definition) is 1. The fourth-order valence-electron chi connectivity index (χ4n) is 4.15. The van der Waals surface area contributed by atoms with Gasteiger partial charge >= 0.3 is 0 Å². The summed E-state index contributed by atoms with van der Waals surface area (Å²) in [6.45, 7) is 5.14. The lowest BCUT2D eigenvalue weighted by Gasteiger charge is -2.35. The molecular formula is C19H29FO. The average Bonchev–Trinajstić information content (AvgIpc) is 3.32. The Morgan fingerprint density at radius 3 is 2.62 bits per heavy atom. The Kier molecular flexibility index (Phi) is 4.71. The number of ether oxygens (including phenoxy) is 1. The van der Waals surface area contributed by atoms with Crippen LogP contribution in [-0.4, -0.2) is 12.8 Å². The van der Waals surface area contributed by atoms with Gasteiger partial charge in [0.1, 0.15) is 6.17 Å². The first-order valence-corrected chi connectivity index (χ1v) is 8.92. The van der Waals surface area contributed by atoms with Crippen LogP contribution >= 0.6 is 0 Å². The van der Waals surface area contributed by atoms with Crippen molar-refractivity contribution >= 4 is 0 Å². The van der Waals surface area contributed by atoms with Gasteiger partial charge in [0.2, 0.25) is 0 Å². The van der Waals surface area contributed by atoms with Crippen molar-refractivity contribution in [1.82, 2.24) is 0 Å². The number of rotatable bonds is 5. The van der Waals surface area contributed by atoms with E-state index in [4.69, 9.17) is 4.74 Å². The molecule has 1 unspecified atom stereocenters. The summed E-state index contributed by atoms with van der Waals surface area (Å²) in [5.74, 6) is 3.58. The highest BCUT2D eigenvalue weighted by atomic mass is 19.1. The molecule has 0 aromatic rings. The summed E-state index contributed by atoms with van der Waals surface area (Å²) in [6.07, 6.45) is 10.2. The summed E-state index contributed by atoms with van der Waals surface area (Å²) in [5.41, 5.74) is 2.91. The van der Waals surface area contributed by atoms with E-state index >= 15 is 0 Å². The predicted octanol–water partition coefficient (Wildman–Crippen LogP) is 5.57. The number of alkyl halides is 1. The second kappa shape index (κ2) is 6.54. The molecule has 0 amide bonds. The summed E-state index contributed by atoms with van der Waals surface area (Å²) < 4.78 is 19.5. The Hall–Kier alpha value is -0.790. The van der Waals surface area contributed by atoms with Gasteiger partial charge in [-0.15, -0.1) is 0 Å². The zero-order chi connectivity index (χ0) is 14.8. The van der Waals surface area contributed by atoms with Crippen LogP contribution < -0.4 is 0 Å². The lowest BCUT2D eigenvalue weighted by molar-refractivity contribution is 0.173. The molecule has 0 bridgehead atoms. The molecule has 1 nitrogen and oxygen atoms in total. The zero-order valence-electron chi connectivity index (χ0n) is 13.5. The number of halogens is 1. The van der Waals surface area contributed by atoms with Crippen LogP contribution in [0.5, 0.6) is 0 Å². The SMILES string of the molecule is CCOC1=C(C2=CC[C@H](F)CC2)[C@@H](C2CC2)CC(CC)C1. The molecule has 3 aliphatic carbocycles. The van der Waals surface area contributed by atoms with Crippen molar-refractivity contribution < 1.29 is 9.13 Å². The molecule has 0 spiro atoms. The first kappa shape index (κ1) is 15.1. The minimum absolute atomic E-state index is 0.604. The fraction of sp³-hybridized carbons (Fsp3) is 0.789. The Morgan fingerprint density at radius 1 is 1.24 bits per heavy atom. The molecule has 0 radical (unpaired) electrons. The molecule has 1 saturated carbocycles. The van der Waals surface area contributed by atoms with Crippen LogP contribution in [-0.2, 0) is 4.74 Å². The normalized spacial score (nSPS) is 33.9. The van der Waals surface area contributed by atoms with Crippen LogP contribution in [0, 0.1) is 17.8 Å². The maximum absolute atomic E-state index is 13.5. The van der Waals surface area contributed by atoms with Gasteiger partial charge in [-0.1, -0.05) is 19.4 Å². The van der Waals surface area contributed by atoms with E-state index in [9.17, 15) is 4.39 Å². The predicted molar refractivity (Wildman–Crippen MR) is 84.7 cm³/mol. The summed E-state index contributed by atoms with van der Waals surface area (Å²) >= 11 is 0. The van der Waals surface area contributed by atoms with E-state index in [1.54, 1.807) is 0 Å². The second-order valence-electron chi connectivity index (χ2n) is 7.03. The van der Waals surface area contributed by atoms with Crippen LogP contribution in [0.15, 0.2) is 23.0 Å². The summed E-state index contributed by atoms with van der Waals surface area (Å²) in [4.78, 5) is 0. The van der Waals surface area contributed by atoms with E-state index in [2.05, 4.69) is 19.9 Å². The van der Waals surface area contributed by atoms with Crippen LogP contribution in [0.25, 0.3) is 0 Å². The standard InChI is InChI=1S/C19H29FO/c1-3-13-11-17(14-5-6-14)19(18(12-13)21-4-2)15-7-9-16(20)10-8-15/h7,13-14,16-17H,3-6,8-12H2,1-2H3/t13?,16-,17+/m0/s1. The van der Waals surface area contributed by atoms with Crippen LogP contribution in [0.2, 0.25) is 0 Å². The molecule has 3 rings (SSSR count). The molecule has 1 fully saturated rings. The molecule has 21 heavy (non-hydrogen) atoms. The lowest BCUT2D eigenvalue weighted by Crippen LogP contribution is -2.24. The monoisotopic (exact) mass is 292 g/mol. The van der Waals surface area contributed by atoms with E-state index in [1.807, 2.05) is 0 Å². The first-order chi connectivity index (χ1) is 10.2. The van der Waals surface area contributed by atoms with Gasteiger partial charge in [0, 0.05) is 6.42 Å². The van der Waals surface area contributed by atoms with Gasteiger partial charge in [-0.2, -0.15) is 0 Å². The van der Waals surface area contributed by atoms with Crippen molar-refractivity contribution in [3.05, 3.63) is 23.0 Å². The van der Waals surface area contributed by atoms with Crippen molar-refractivity contribution in [2.75, 3.05) is 6.61 Å². The van der Waals surface area contributed by atoms with Crippen molar-refractivity contribution in [2.45, 2.75) is 71.4 Å². The molecular weight excluding hydrogens is 263 g/mol. The third kappa shape index (κ3) is 3.35.